The first-order valence-electron chi connectivity index (χ1n) is 9.25. The summed E-state index contributed by atoms with van der Waals surface area (Å²) in [7, 11) is 0. The van der Waals surface area contributed by atoms with Crippen LogP contribution in [0.25, 0.3) is 0 Å². The van der Waals surface area contributed by atoms with E-state index in [1.807, 2.05) is 0 Å². The summed E-state index contributed by atoms with van der Waals surface area (Å²) in [6, 6.07) is 0. The third-order valence-corrected chi connectivity index (χ3v) is 3.82. The molecule has 0 amide bonds. The van der Waals surface area contributed by atoms with Crippen LogP contribution in [0.2, 0.25) is 0 Å². The lowest BCUT2D eigenvalue weighted by Crippen LogP contribution is -2.01. The number of carbonyl (C=O) groups excluding carboxylic acids is 1. The Balaban J connectivity index is 3.10. The van der Waals surface area contributed by atoms with E-state index >= 15 is 0 Å². The Morgan fingerprint density at radius 1 is 0.818 bits per heavy atom. The van der Waals surface area contributed by atoms with E-state index in [1.54, 1.807) is 0 Å². The number of unbranched alkanes of at least 4 members (excludes halogenated alkanes) is 11. The SMILES string of the molecule is C=CC(=O)OCCCCCCCC/C=C/CCCCCCC. The van der Waals surface area contributed by atoms with Gasteiger partial charge < -0.3 is 4.74 Å². The molecule has 0 saturated heterocycles. The lowest BCUT2D eigenvalue weighted by molar-refractivity contribution is -0.137. The second-order valence-corrected chi connectivity index (χ2v) is 5.96. The number of hydrogen-bond acceptors (Lipinski definition) is 2. The molecule has 0 heterocycles. The van der Waals surface area contributed by atoms with E-state index in [2.05, 4.69) is 25.7 Å². The van der Waals surface area contributed by atoms with Crippen molar-refractivity contribution >= 4 is 5.97 Å². The molecule has 0 bridgehead atoms. The summed E-state index contributed by atoms with van der Waals surface area (Å²) in [5, 5.41) is 0. The second-order valence-electron chi connectivity index (χ2n) is 5.96. The van der Waals surface area contributed by atoms with Crippen molar-refractivity contribution in [2.75, 3.05) is 6.61 Å². The van der Waals surface area contributed by atoms with Gasteiger partial charge in [0.2, 0.25) is 0 Å². The highest BCUT2D eigenvalue weighted by Crippen LogP contribution is 2.09. The first kappa shape index (κ1) is 20.9. The Bertz CT molecular complexity index is 281. The molecule has 0 aliphatic rings. The quantitative estimate of drug-likeness (QED) is 0.143. The highest BCUT2D eigenvalue weighted by atomic mass is 16.5. The van der Waals surface area contributed by atoms with Crippen molar-refractivity contribution in [3.05, 3.63) is 24.8 Å². The molecule has 2 nitrogen and oxygen atoms in total. The van der Waals surface area contributed by atoms with E-state index in [9.17, 15) is 4.79 Å². The summed E-state index contributed by atoms with van der Waals surface area (Å²) in [6.07, 6.45) is 22.6. The molecule has 0 N–H and O–H groups in total. The predicted molar refractivity (Wildman–Crippen MR) is 96.0 cm³/mol. The van der Waals surface area contributed by atoms with E-state index in [0.717, 1.165) is 12.8 Å². The fourth-order valence-corrected chi connectivity index (χ4v) is 2.40. The molecule has 0 aromatic rings. The number of esters is 1. The Labute approximate surface area is 138 Å². The van der Waals surface area contributed by atoms with Crippen molar-refractivity contribution in [3.63, 3.8) is 0 Å². The number of rotatable bonds is 16. The Kier molecular flexibility index (Phi) is 17.1. The lowest BCUT2D eigenvalue weighted by atomic mass is 10.1. The van der Waals surface area contributed by atoms with Crippen LogP contribution in [0.5, 0.6) is 0 Å². The average molecular weight is 309 g/mol. The zero-order chi connectivity index (χ0) is 16.3. The maximum absolute atomic E-state index is 10.8. The van der Waals surface area contributed by atoms with Gasteiger partial charge in [-0.05, 0) is 32.1 Å². The minimum absolute atomic E-state index is 0.308. The molecule has 0 aromatic heterocycles. The topological polar surface area (TPSA) is 26.3 Å². The summed E-state index contributed by atoms with van der Waals surface area (Å²) in [5.41, 5.74) is 0. The second kappa shape index (κ2) is 18.0. The Hall–Kier alpha value is -1.05. The van der Waals surface area contributed by atoms with Crippen molar-refractivity contribution in [3.8, 4) is 0 Å². The van der Waals surface area contributed by atoms with Gasteiger partial charge in [-0.2, -0.15) is 0 Å². The molecule has 0 saturated carbocycles. The maximum Gasteiger partial charge on any atom is 0.330 e. The van der Waals surface area contributed by atoms with Crippen LogP contribution >= 0.6 is 0 Å². The van der Waals surface area contributed by atoms with Crippen molar-refractivity contribution in [1.82, 2.24) is 0 Å². The fraction of sp³-hybridized carbons (Fsp3) is 0.750. The van der Waals surface area contributed by atoms with Gasteiger partial charge in [0.1, 0.15) is 0 Å². The third-order valence-electron chi connectivity index (χ3n) is 3.82. The first-order chi connectivity index (χ1) is 10.8. The number of allylic oxidation sites excluding steroid dienone is 2. The molecule has 0 aromatic carbocycles. The fourth-order valence-electron chi connectivity index (χ4n) is 2.40. The molecule has 2 heteroatoms. The van der Waals surface area contributed by atoms with Crippen LogP contribution in [-0.2, 0) is 9.53 Å². The normalized spacial score (nSPS) is 11.0. The standard InChI is InChI=1S/C20H36O2/c1-3-5-6-7-8-9-10-11-12-13-14-15-16-17-18-19-22-20(21)4-2/h4,10-11H,2-3,5-9,12-19H2,1H3/b11-10+. The summed E-state index contributed by atoms with van der Waals surface area (Å²) >= 11 is 0. The van der Waals surface area contributed by atoms with Crippen LogP contribution < -0.4 is 0 Å². The smallest absolute Gasteiger partial charge is 0.330 e. The minimum Gasteiger partial charge on any atom is -0.463 e. The molecule has 22 heavy (non-hydrogen) atoms. The highest BCUT2D eigenvalue weighted by molar-refractivity contribution is 5.81. The van der Waals surface area contributed by atoms with E-state index in [4.69, 9.17) is 4.74 Å². The van der Waals surface area contributed by atoms with E-state index in [-0.39, 0.29) is 5.97 Å². The van der Waals surface area contributed by atoms with Crippen LogP contribution in [0.3, 0.4) is 0 Å². The van der Waals surface area contributed by atoms with Gasteiger partial charge in [0.25, 0.3) is 0 Å². The molecule has 0 fully saturated rings. The number of carbonyl (C=O) groups is 1. The molecule has 0 spiro atoms. The van der Waals surface area contributed by atoms with Gasteiger partial charge in [-0.25, -0.2) is 4.79 Å². The molecule has 0 radical (unpaired) electrons. The molecule has 128 valence electrons. The molecular formula is C20H36O2. The van der Waals surface area contributed by atoms with Crippen LogP contribution in [0.4, 0.5) is 0 Å². The van der Waals surface area contributed by atoms with Gasteiger partial charge in [-0.3, -0.25) is 0 Å². The number of ether oxygens (including phenoxy) is 1. The summed E-state index contributed by atoms with van der Waals surface area (Å²) in [6.45, 7) is 6.17. The van der Waals surface area contributed by atoms with Crippen molar-refractivity contribution in [1.29, 1.82) is 0 Å². The summed E-state index contributed by atoms with van der Waals surface area (Å²) < 4.78 is 4.94. The van der Waals surface area contributed by atoms with Crippen LogP contribution in [0.15, 0.2) is 24.8 Å². The molecule has 0 rings (SSSR count). The van der Waals surface area contributed by atoms with Gasteiger partial charge in [0, 0.05) is 6.08 Å². The van der Waals surface area contributed by atoms with Crippen molar-refractivity contribution in [2.24, 2.45) is 0 Å². The van der Waals surface area contributed by atoms with Crippen molar-refractivity contribution in [2.45, 2.75) is 90.4 Å². The predicted octanol–water partition coefficient (Wildman–Crippen LogP) is 6.36. The lowest BCUT2D eigenvalue weighted by Gasteiger charge is -2.02. The van der Waals surface area contributed by atoms with Gasteiger partial charge in [-0.15, -0.1) is 0 Å². The van der Waals surface area contributed by atoms with E-state index in [1.165, 1.54) is 76.7 Å². The molecule has 0 atom stereocenters. The molecule has 0 aliphatic heterocycles. The Morgan fingerprint density at radius 3 is 1.86 bits per heavy atom. The Morgan fingerprint density at radius 2 is 1.32 bits per heavy atom. The molecule has 0 aliphatic carbocycles. The van der Waals surface area contributed by atoms with Crippen LogP contribution in [0.1, 0.15) is 90.4 Å². The van der Waals surface area contributed by atoms with Gasteiger partial charge in [-0.1, -0.05) is 77.0 Å². The first-order valence-corrected chi connectivity index (χ1v) is 9.25. The molecular weight excluding hydrogens is 272 g/mol. The number of hydrogen-bond donors (Lipinski definition) is 0. The van der Waals surface area contributed by atoms with E-state index < -0.39 is 0 Å². The monoisotopic (exact) mass is 308 g/mol. The zero-order valence-electron chi connectivity index (χ0n) is 14.7. The van der Waals surface area contributed by atoms with E-state index in [0.29, 0.717) is 6.61 Å². The third kappa shape index (κ3) is 17.0. The summed E-state index contributed by atoms with van der Waals surface area (Å²) in [5.74, 6) is -0.308. The maximum atomic E-state index is 10.8. The van der Waals surface area contributed by atoms with Crippen molar-refractivity contribution < 1.29 is 9.53 Å². The molecule has 0 unspecified atom stereocenters. The van der Waals surface area contributed by atoms with Crippen LogP contribution in [-0.4, -0.2) is 12.6 Å². The average Bonchev–Trinajstić information content (AvgIpc) is 2.54. The zero-order valence-corrected chi connectivity index (χ0v) is 14.7. The van der Waals surface area contributed by atoms with Gasteiger partial charge in [0.15, 0.2) is 0 Å². The van der Waals surface area contributed by atoms with Gasteiger partial charge >= 0.3 is 5.97 Å². The minimum atomic E-state index is -0.308. The summed E-state index contributed by atoms with van der Waals surface area (Å²) in [4.78, 5) is 10.8. The van der Waals surface area contributed by atoms with Crippen LogP contribution in [0, 0.1) is 0 Å². The van der Waals surface area contributed by atoms with Gasteiger partial charge in [0.05, 0.1) is 6.61 Å². The largest absolute Gasteiger partial charge is 0.463 e. The highest BCUT2D eigenvalue weighted by Gasteiger charge is 1.95.